The number of nitrogens with one attached hydrogen (secondary N) is 1. The van der Waals surface area contributed by atoms with E-state index in [0.717, 1.165) is 54.8 Å². The first kappa shape index (κ1) is 18.7. The Morgan fingerprint density at radius 3 is 2.96 bits per heavy atom. The van der Waals surface area contributed by atoms with E-state index in [-0.39, 0.29) is 5.91 Å². The molecule has 1 atom stereocenters. The lowest BCUT2D eigenvalue weighted by Crippen LogP contribution is -2.37. The van der Waals surface area contributed by atoms with Crippen molar-refractivity contribution in [2.24, 2.45) is 5.92 Å². The van der Waals surface area contributed by atoms with Crippen LogP contribution in [0.25, 0.3) is 0 Å². The second-order valence-electron chi connectivity index (χ2n) is 6.91. The van der Waals surface area contributed by atoms with Gasteiger partial charge in [-0.05, 0) is 19.3 Å². The number of thiazole rings is 1. The third-order valence-corrected chi connectivity index (χ3v) is 5.31. The van der Waals surface area contributed by atoms with Gasteiger partial charge in [-0.15, -0.1) is 11.3 Å². The fraction of sp³-hybridized carbons (Fsp3) is 0.556. The first-order valence-electron chi connectivity index (χ1n) is 8.89. The van der Waals surface area contributed by atoms with Crippen LogP contribution < -0.4 is 10.2 Å². The molecule has 0 bridgehead atoms. The van der Waals surface area contributed by atoms with E-state index in [9.17, 15) is 4.79 Å². The molecule has 8 heteroatoms. The number of carbonyl (C=O) groups is 1. The summed E-state index contributed by atoms with van der Waals surface area (Å²) in [6, 6.07) is 2.02. The first-order chi connectivity index (χ1) is 12.5. The van der Waals surface area contributed by atoms with Crippen LogP contribution in [0, 0.1) is 12.8 Å². The maximum Gasteiger partial charge on any atom is 0.228 e. The first-order valence-corrected chi connectivity index (χ1v) is 9.77. The Morgan fingerprint density at radius 2 is 2.23 bits per heavy atom. The van der Waals surface area contributed by atoms with Gasteiger partial charge in [-0.3, -0.25) is 4.79 Å². The van der Waals surface area contributed by atoms with Crippen molar-refractivity contribution in [2.75, 3.05) is 45.2 Å². The molecule has 3 heterocycles. The number of anilines is 1. The lowest BCUT2D eigenvalue weighted by atomic mass is 10.0. The second-order valence-corrected chi connectivity index (χ2v) is 7.97. The van der Waals surface area contributed by atoms with Crippen molar-refractivity contribution in [3.05, 3.63) is 34.2 Å². The Labute approximate surface area is 158 Å². The largest absolute Gasteiger partial charge is 0.363 e. The van der Waals surface area contributed by atoms with Crippen molar-refractivity contribution in [1.29, 1.82) is 0 Å². The summed E-state index contributed by atoms with van der Waals surface area (Å²) in [5.74, 6) is 1.40. The molecule has 0 unspecified atom stereocenters. The smallest absolute Gasteiger partial charge is 0.228 e. The molecule has 140 valence electrons. The number of nitrogens with zero attached hydrogens (tertiary/aromatic N) is 5. The highest BCUT2D eigenvalue weighted by Gasteiger charge is 2.23. The Bertz CT molecular complexity index is 747. The molecule has 1 aliphatic rings. The van der Waals surface area contributed by atoms with Gasteiger partial charge in [-0.25, -0.2) is 15.0 Å². The summed E-state index contributed by atoms with van der Waals surface area (Å²) < 4.78 is 0. The van der Waals surface area contributed by atoms with Gasteiger partial charge < -0.3 is 15.1 Å². The summed E-state index contributed by atoms with van der Waals surface area (Å²) in [7, 11) is 3.94. The van der Waals surface area contributed by atoms with E-state index in [1.165, 1.54) is 0 Å². The summed E-state index contributed by atoms with van der Waals surface area (Å²) in [4.78, 5) is 29.7. The highest BCUT2D eigenvalue weighted by molar-refractivity contribution is 7.09. The molecule has 2 aromatic rings. The predicted molar refractivity (Wildman–Crippen MR) is 104 cm³/mol. The molecule has 0 radical (unpaired) electrons. The number of hydrogen-bond acceptors (Lipinski definition) is 7. The van der Waals surface area contributed by atoms with Gasteiger partial charge in [0.15, 0.2) is 0 Å². The number of aromatic nitrogens is 3. The summed E-state index contributed by atoms with van der Waals surface area (Å²) in [6.45, 7) is 5.17. The second kappa shape index (κ2) is 8.55. The molecule has 1 saturated heterocycles. The SMILES string of the molecule is Cc1nc(CC(=O)N2CCNC[C@H](Cc3cc(N(C)C)ncn3)C2)cs1. The van der Waals surface area contributed by atoms with E-state index in [2.05, 4.69) is 20.3 Å². The summed E-state index contributed by atoms with van der Waals surface area (Å²) in [6.07, 6.45) is 2.83. The Kier molecular flexibility index (Phi) is 6.16. The Morgan fingerprint density at radius 1 is 1.38 bits per heavy atom. The summed E-state index contributed by atoms with van der Waals surface area (Å²) >= 11 is 1.59. The van der Waals surface area contributed by atoms with Crippen LogP contribution in [-0.4, -0.2) is 66.0 Å². The average molecular weight is 375 g/mol. The topological polar surface area (TPSA) is 74.2 Å². The fourth-order valence-corrected chi connectivity index (χ4v) is 3.76. The number of amides is 1. The van der Waals surface area contributed by atoms with Crippen LogP contribution in [0.2, 0.25) is 0 Å². The van der Waals surface area contributed by atoms with Gasteiger partial charge in [0.25, 0.3) is 0 Å². The zero-order valence-corrected chi connectivity index (χ0v) is 16.4. The summed E-state index contributed by atoms with van der Waals surface area (Å²) in [5, 5.41) is 6.43. The molecular weight excluding hydrogens is 348 g/mol. The minimum absolute atomic E-state index is 0.153. The van der Waals surface area contributed by atoms with E-state index in [1.54, 1.807) is 17.7 Å². The minimum atomic E-state index is 0.153. The van der Waals surface area contributed by atoms with Crippen LogP contribution in [0.5, 0.6) is 0 Å². The molecular formula is C18H26N6OS. The van der Waals surface area contributed by atoms with Crippen molar-refractivity contribution < 1.29 is 4.79 Å². The zero-order valence-electron chi connectivity index (χ0n) is 15.6. The quantitative estimate of drug-likeness (QED) is 0.846. The van der Waals surface area contributed by atoms with Crippen LogP contribution in [0.4, 0.5) is 5.82 Å². The van der Waals surface area contributed by atoms with Gasteiger partial charge in [0.2, 0.25) is 5.91 Å². The molecule has 1 amide bonds. The van der Waals surface area contributed by atoms with Crippen molar-refractivity contribution in [3.8, 4) is 0 Å². The third-order valence-electron chi connectivity index (χ3n) is 4.49. The molecule has 0 saturated carbocycles. The monoisotopic (exact) mass is 374 g/mol. The van der Waals surface area contributed by atoms with Gasteiger partial charge in [-0.1, -0.05) is 0 Å². The molecule has 0 spiro atoms. The number of hydrogen-bond donors (Lipinski definition) is 1. The van der Waals surface area contributed by atoms with Gasteiger partial charge in [0.05, 0.1) is 17.1 Å². The standard InChI is InChI=1S/C18H26N6OS/c1-13-22-16(11-26-13)8-18(25)24-5-4-19-9-14(10-24)6-15-7-17(23(2)3)21-12-20-15/h7,11-12,14,19H,4-6,8-10H2,1-3H3/t14-/m0/s1. The van der Waals surface area contributed by atoms with Gasteiger partial charge >= 0.3 is 0 Å². The average Bonchev–Trinajstić information content (AvgIpc) is 2.88. The van der Waals surface area contributed by atoms with Crippen molar-refractivity contribution >= 4 is 23.1 Å². The highest BCUT2D eigenvalue weighted by atomic mass is 32.1. The molecule has 1 N–H and O–H groups in total. The lowest BCUT2D eigenvalue weighted by molar-refractivity contribution is -0.130. The summed E-state index contributed by atoms with van der Waals surface area (Å²) in [5.41, 5.74) is 1.89. The molecule has 3 rings (SSSR count). The van der Waals surface area contributed by atoms with Crippen molar-refractivity contribution in [3.63, 3.8) is 0 Å². The fourth-order valence-electron chi connectivity index (χ4n) is 3.14. The van der Waals surface area contributed by atoms with Gasteiger partial charge in [0, 0.05) is 57.4 Å². The predicted octanol–water partition coefficient (Wildman–Crippen LogP) is 1.14. The normalized spacial score (nSPS) is 17.8. The Hall–Kier alpha value is -2.06. The van der Waals surface area contributed by atoms with Crippen LogP contribution in [-0.2, 0) is 17.6 Å². The van der Waals surface area contributed by atoms with E-state index in [0.29, 0.717) is 12.3 Å². The van der Waals surface area contributed by atoms with Crippen LogP contribution >= 0.6 is 11.3 Å². The van der Waals surface area contributed by atoms with Crippen LogP contribution in [0.1, 0.15) is 16.4 Å². The van der Waals surface area contributed by atoms with Crippen molar-refractivity contribution in [2.45, 2.75) is 19.8 Å². The van der Waals surface area contributed by atoms with Crippen LogP contribution in [0.3, 0.4) is 0 Å². The number of rotatable bonds is 5. The van der Waals surface area contributed by atoms with Gasteiger partial charge in [-0.2, -0.15) is 0 Å². The van der Waals surface area contributed by atoms with E-state index >= 15 is 0 Å². The van der Waals surface area contributed by atoms with E-state index < -0.39 is 0 Å². The maximum atomic E-state index is 12.7. The van der Waals surface area contributed by atoms with E-state index in [4.69, 9.17) is 0 Å². The van der Waals surface area contributed by atoms with Crippen LogP contribution in [0.15, 0.2) is 17.8 Å². The Balaban J connectivity index is 1.63. The molecule has 2 aromatic heterocycles. The van der Waals surface area contributed by atoms with Crippen molar-refractivity contribution in [1.82, 2.24) is 25.2 Å². The third kappa shape index (κ3) is 4.98. The van der Waals surface area contributed by atoms with E-state index in [1.807, 2.05) is 42.3 Å². The molecule has 0 aromatic carbocycles. The molecule has 26 heavy (non-hydrogen) atoms. The zero-order chi connectivity index (χ0) is 18.5. The molecule has 7 nitrogen and oxygen atoms in total. The molecule has 1 aliphatic heterocycles. The van der Waals surface area contributed by atoms with Gasteiger partial charge in [0.1, 0.15) is 12.1 Å². The number of carbonyl (C=O) groups excluding carboxylic acids is 1. The maximum absolute atomic E-state index is 12.7. The minimum Gasteiger partial charge on any atom is -0.363 e. The number of aryl methyl sites for hydroxylation is 1. The molecule has 0 aliphatic carbocycles. The lowest BCUT2D eigenvalue weighted by Gasteiger charge is -2.24. The highest BCUT2D eigenvalue weighted by Crippen LogP contribution is 2.15. The molecule has 1 fully saturated rings.